The van der Waals surface area contributed by atoms with Gasteiger partial charge in [-0.2, -0.15) is 0 Å². The predicted octanol–water partition coefficient (Wildman–Crippen LogP) is 2.97. The van der Waals surface area contributed by atoms with Crippen molar-refractivity contribution >= 4 is 23.3 Å². The first-order chi connectivity index (χ1) is 13.1. The largest absolute Gasteiger partial charge is 0.495 e. The van der Waals surface area contributed by atoms with E-state index in [4.69, 9.17) is 9.47 Å². The number of hydrogen-bond donors (Lipinski definition) is 1. The van der Waals surface area contributed by atoms with Gasteiger partial charge in [-0.1, -0.05) is 24.3 Å². The van der Waals surface area contributed by atoms with Gasteiger partial charge in [-0.25, -0.2) is 4.79 Å². The number of anilines is 2. The third kappa shape index (κ3) is 4.13. The summed E-state index contributed by atoms with van der Waals surface area (Å²) >= 11 is 0. The molecule has 0 saturated carbocycles. The summed E-state index contributed by atoms with van der Waals surface area (Å²) in [6.07, 6.45) is 0. The number of methoxy groups -OCH3 is 1. The molecule has 1 aliphatic rings. The summed E-state index contributed by atoms with van der Waals surface area (Å²) < 4.78 is 10.9. The smallest absolute Gasteiger partial charge is 0.322 e. The van der Waals surface area contributed by atoms with E-state index in [1.54, 1.807) is 24.1 Å². The molecule has 0 radical (unpaired) electrons. The zero-order valence-electron chi connectivity index (χ0n) is 15.5. The monoisotopic (exact) mass is 369 g/mol. The number of piperazine rings is 1. The Hall–Kier alpha value is -3.22. The molecular formula is C20H23N3O4. The molecule has 1 N–H and O–H groups in total. The Morgan fingerprint density at radius 1 is 1.07 bits per heavy atom. The number of ether oxygens (including phenoxy) is 2. The molecule has 0 unspecified atom stereocenters. The first kappa shape index (κ1) is 18.6. The molecule has 0 atom stereocenters. The molecule has 3 amide bonds. The second-order valence-corrected chi connectivity index (χ2v) is 6.00. The standard InChI is InChI=1S/C20H23N3O4/c1-3-27-17-10-6-4-8-15(17)21-20(25)22-12-13-23(19(24)14-22)16-9-5-7-11-18(16)26-2/h4-11H,3,12-14H2,1-2H3,(H,21,25). The van der Waals surface area contributed by atoms with E-state index >= 15 is 0 Å². The van der Waals surface area contributed by atoms with Crippen LogP contribution >= 0.6 is 0 Å². The van der Waals surface area contributed by atoms with E-state index in [1.807, 2.05) is 43.3 Å². The lowest BCUT2D eigenvalue weighted by Crippen LogP contribution is -2.53. The number of amides is 3. The number of nitrogens with zero attached hydrogens (tertiary/aromatic N) is 2. The van der Waals surface area contributed by atoms with Gasteiger partial charge in [0, 0.05) is 13.1 Å². The molecular weight excluding hydrogens is 346 g/mol. The maximum absolute atomic E-state index is 12.6. The summed E-state index contributed by atoms with van der Waals surface area (Å²) in [4.78, 5) is 28.4. The molecule has 7 heteroatoms. The van der Waals surface area contributed by atoms with Crippen LogP contribution < -0.4 is 19.7 Å². The van der Waals surface area contributed by atoms with Crippen LogP contribution in [0.3, 0.4) is 0 Å². The number of urea groups is 1. The van der Waals surface area contributed by atoms with Gasteiger partial charge < -0.3 is 24.6 Å². The first-order valence-corrected chi connectivity index (χ1v) is 8.85. The molecule has 1 saturated heterocycles. The molecule has 2 aromatic carbocycles. The summed E-state index contributed by atoms with van der Waals surface area (Å²) in [6.45, 7) is 3.21. The SMILES string of the molecule is CCOc1ccccc1NC(=O)N1CCN(c2ccccc2OC)C(=O)C1. The molecule has 1 heterocycles. The van der Waals surface area contributed by atoms with Crippen molar-refractivity contribution in [1.82, 2.24) is 4.90 Å². The molecule has 0 aromatic heterocycles. The van der Waals surface area contributed by atoms with Gasteiger partial charge in [-0.3, -0.25) is 4.79 Å². The molecule has 142 valence electrons. The summed E-state index contributed by atoms with van der Waals surface area (Å²) in [5.41, 5.74) is 1.30. The lowest BCUT2D eigenvalue weighted by Gasteiger charge is -2.34. The number of hydrogen-bond acceptors (Lipinski definition) is 4. The fourth-order valence-electron chi connectivity index (χ4n) is 3.00. The zero-order chi connectivity index (χ0) is 19.2. The van der Waals surface area contributed by atoms with Crippen LogP contribution in [0.2, 0.25) is 0 Å². The van der Waals surface area contributed by atoms with Crippen molar-refractivity contribution in [2.45, 2.75) is 6.92 Å². The minimum Gasteiger partial charge on any atom is -0.495 e. The van der Waals surface area contributed by atoms with Gasteiger partial charge in [0.2, 0.25) is 5.91 Å². The molecule has 0 bridgehead atoms. The van der Waals surface area contributed by atoms with Crippen LogP contribution in [0.5, 0.6) is 11.5 Å². The summed E-state index contributed by atoms with van der Waals surface area (Å²) in [5.74, 6) is 1.08. The molecule has 3 rings (SSSR count). The van der Waals surface area contributed by atoms with E-state index in [-0.39, 0.29) is 18.5 Å². The van der Waals surface area contributed by atoms with Gasteiger partial charge in [-0.15, -0.1) is 0 Å². The van der Waals surface area contributed by atoms with E-state index in [0.717, 1.165) is 0 Å². The van der Waals surface area contributed by atoms with Gasteiger partial charge in [-0.05, 0) is 31.2 Å². The van der Waals surface area contributed by atoms with E-state index in [0.29, 0.717) is 42.6 Å². The molecule has 27 heavy (non-hydrogen) atoms. The van der Waals surface area contributed by atoms with Crippen LogP contribution in [0, 0.1) is 0 Å². The van der Waals surface area contributed by atoms with Crippen LogP contribution in [0.4, 0.5) is 16.2 Å². The third-order valence-electron chi connectivity index (χ3n) is 4.31. The van der Waals surface area contributed by atoms with Crippen LogP contribution in [-0.2, 0) is 4.79 Å². The topological polar surface area (TPSA) is 71.1 Å². The molecule has 0 spiro atoms. The average Bonchev–Trinajstić information content (AvgIpc) is 2.69. The highest BCUT2D eigenvalue weighted by Crippen LogP contribution is 2.29. The number of benzene rings is 2. The van der Waals surface area contributed by atoms with Crippen LogP contribution in [0.15, 0.2) is 48.5 Å². The lowest BCUT2D eigenvalue weighted by atomic mass is 10.2. The molecule has 7 nitrogen and oxygen atoms in total. The highest BCUT2D eigenvalue weighted by molar-refractivity contribution is 6.01. The fraction of sp³-hybridized carbons (Fsp3) is 0.300. The van der Waals surface area contributed by atoms with Crippen LogP contribution in [0.25, 0.3) is 0 Å². The van der Waals surface area contributed by atoms with Crippen LogP contribution in [0.1, 0.15) is 6.92 Å². The molecule has 1 aliphatic heterocycles. The highest BCUT2D eigenvalue weighted by atomic mass is 16.5. The fourth-order valence-corrected chi connectivity index (χ4v) is 3.00. The zero-order valence-corrected chi connectivity index (χ0v) is 15.5. The number of carbonyl (C=O) groups is 2. The predicted molar refractivity (Wildman–Crippen MR) is 104 cm³/mol. The highest BCUT2D eigenvalue weighted by Gasteiger charge is 2.29. The molecule has 0 aliphatic carbocycles. The second kappa shape index (κ2) is 8.44. The first-order valence-electron chi connectivity index (χ1n) is 8.85. The average molecular weight is 369 g/mol. The van der Waals surface area contributed by atoms with Crippen molar-refractivity contribution in [2.24, 2.45) is 0 Å². The molecule has 1 fully saturated rings. The van der Waals surface area contributed by atoms with E-state index in [2.05, 4.69) is 5.32 Å². The van der Waals surface area contributed by atoms with E-state index in [9.17, 15) is 9.59 Å². The third-order valence-corrected chi connectivity index (χ3v) is 4.31. The molecule has 2 aromatic rings. The van der Waals surface area contributed by atoms with Crippen molar-refractivity contribution in [2.75, 3.05) is 43.6 Å². The summed E-state index contributed by atoms with van der Waals surface area (Å²) in [6, 6.07) is 14.3. The van der Waals surface area contributed by atoms with Gasteiger partial charge >= 0.3 is 6.03 Å². The number of carbonyl (C=O) groups excluding carboxylic acids is 2. The lowest BCUT2D eigenvalue weighted by molar-refractivity contribution is -0.120. The quantitative estimate of drug-likeness (QED) is 0.880. The van der Waals surface area contributed by atoms with E-state index in [1.165, 1.54) is 4.90 Å². The number of rotatable bonds is 5. The summed E-state index contributed by atoms with van der Waals surface area (Å²) in [7, 11) is 1.57. The number of para-hydroxylation sites is 4. The maximum atomic E-state index is 12.6. The minimum atomic E-state index is -0.324. The van der Waals surface area contributed by atoms with Crippen molar-refractivity contribution in [3.63, 3.8) is 0 Å². The Labute approximate surface area is 158 Å². The van der Waals surface area contributed by atoms with Gasteiger partial charge in [0.05, 0.1) is 25.1 Å². The normalized spacial score (nSPS) is 14.1. The Kier molecular flexibility index (Phi) is 5.80. The van der Waals surface area contributed by atoms with Crippen LogP contribution in [-0.4, -0.2) is 50.2 Å². The van der Waals surface area contributed by atoms with Crippen molar-refractivity contribution in [3.8, 4) is 11.5 Å². The van der Waals surface area contributed by atoms with Crippen molar-refractivity contribution < 1.29 is 19.1 Å². The second-order valence-electron chi connectivity index (χ2n) is 6.00. The van der Waals surface area contributed by atoms with E-state index < -0.39 is 0 Å². The van der Waals surface area contributed by atoms with Crippen molar-refractivity contribution in [3.05, 3.63) is 48.5 Å². The Morgan fingerprint density at radius 3 is 2.48 bits per heavy atom. The van der Waals surface area contributed by atoms with Gasteiger partial charge in [0.15, 0.2) is 0 Å². The van der Waals surface area contributed by atoms with Crippen molar-refractivity contribution in [1.29, 1.82) is 0 Å². The Morgan fingerprint density at radius 2 is 1.78 bits per heavy atom. The summed E-state index contributed by atoms with van der Waals surface area (Å²) in [5, 5.41) is 2.83. The maximum Gasteiger partial charge on any atom is 0.322 e. The number of nitrogens with one attached hydrogen (secondary N) is 1. The van der Waals surface area contributed by atoms with Gasteiger partial charge in [0.1, 0.15) is 18.0 Å². The van der Waals surface area contributed by atoms with Gasteiger partial charge in [0.25, 0.3) is 0 Å². The minimum absolute atomic E-state index is 0.000678. The Bertz CT molecular complexity index is 824. The Balaban J connectivity index is 1.67.